The average Bonchev–Trinajstić information content (AvgIpc) is 2.93. The van der Waals surface area contributed by atoms with Crippen LogP contribution >= 0.6 is 0 Å². The number of carbonyl (C=O) groups is 2. The van der Waals surface area contributed by atoms with Gasteiger partial charge in [0.1, 0.15) is 5.75 Å². The molecule has 1 unspecified atom stereocenters. The Hall–Kier alpha value is -3.15. The summed E-state index contributed by atoms with van der Waals surface area (Å²) < 4.78 is 5.19. The van der Waals surface area contributed by atoms with E-state index in [0.29, 0.717) is 11.4 Å². The van der Waals surface area contributed by atoms with Gasteiger partial charge in [0, 0.05) is 12.1 Å². The average molecular weight is 366 g/mol. The number of aliphatic hydroxyl groups excluding tert-OH is 1. The maximum absolute atomic E-state index is 12.8. The van der Waals surface area contributed by atoms with Crippen LogP contribution in [0, 0.1) is 5.92 Å². The monoisotopic (exact) mass is 366 g/mol. The molecule has 0 bridgehead atoms. The number of hydrogen-bond acceptors (Lipinski definition) is 5. The van der Waals surface area contributed by atoms with E-state index in [1.165, 1.54) is 4.90 Å². The highest BCUT2D eigenvalue weighted by molar-refractivity contribution is 6.09. The van der Waals surface area contributed by atoms with Crippen molar-refractivity contribution >= 4 is 11.7 Å². The van der Waals surface area contributed by atoms with Gasteiger partial charge in [-0.15, -0.1) is 0 Å². The molecule has 3 rings (SSSR count). The van der Waals surface area contributed by atoms with Gasteiger partial charge in [-0.25, -0.2) is 0 Å². The number of aliphatic hydroxyl groups is 1. The van der Waals surface area contributed by atoms with E-state index in [4.69, 9.17) is 4.74 Å². The molecule has 0 aliphatic carbocycles. The summed E-state index contributed by atoms with van der Waals surface area (Å²) in [7, 11) is 1.57. The molecule has 2 heterocycles. The first kappa shape index (κ1) is 18.6. The van der Waals surface area contributed by atoms with Gasteiger partial charge < -0.3 is 14.7 Å². The predicted molar refractivity (Wildman–Crippen MR) is 100 cm³/mol. The minimum atomic E-state index is -0.666. The first-order valence-corrected chi connectivity index (χ1v) is 8.76. The number of hydrogen-bond donors (Lipinski definition) is 1. The van der Waals surface area contributed by atoms with Gasteiger partial charge in [-0.1, -0.05) is 32.0 Å². The zero-order chi connectivity index (χ0) is 19.6. The van der Waals surface area contributed by atoms with Crippen molar-refractivity contribution in [3.05, 3.63) is 71.3 Å². The molecule has 2 aromatic rings. The Labute approximate surface area is 158 Å². The Morgan fingerprint density at radius 3 is 2.48 bits per heavy atom. The summed E-state index contributed by atoms with van der Waals surface area (Å²) in [6, 6.07) is 11.9. The van der Waals surface area contributed by atoms with Gasteiger partial charge in [0.05, 0.1) is 31.0 Å². The van der Waals surface area contributed by atoms with Crippen molar-refractivity contribution in [2.24, 2.45) is 5.92 Å². The molecule has 1 aromatic carbocycles. The second-order valence-corrected chi connectivity index (χ2v) is 6.71. The van der Waals surface area contributed by atoms with Crippen molar-refractivity contribution in [1.82, 2.24) is 9.88 Å². The van der Waals surface area contributed by atoms with Crippen LogP contribution in [0.4, 0.5) is 0 Å². The molecule has 0 spiro atoms. The molecule has 6 heteroatoms. The fraction of sp³-hybridized carbons (Fsp3) is 0.286. The zero-order valence-corrected chi connectivity index (χ0v) is 15.5. The second-order valence-electron chi connectivity index (χ2n) is 6.71. The molecule has 1 aromatic heterocycles. The highest BCUT2D eigenvalue weighted by Gasteiger charge is 2.44. The molecule has 1 N–H and O–H groups in total. The van der Waals surface area contributed by atoms with Crippen LogP contribution in [0.25, 0.3) is 0 Å². The van der Waals surface area contributed by atoms with E-state index in [9.17, 15) is 14.7 Å². The van der Waals surface area contributed by atoms with Crippen LogP contribution in [0.15, 0.2) is 60.0 Å². The van der Waals surface area contributed by atoms with Gasteiger partial charge >= 0.3 is 0 Å². The van der Waals surface area contributed by atoms with E-state index in [-0.39, 0.29) is 23.8 Å². The summed E-state index contributed by atoms with van der Waals surface area (Å²) in [5.74, 6) is -0.962. The Kier molecular flexibility index (Phi) is 5.26. The summed E-state index contributed by atoms with van der Waals surface area (Å²) in [6.45, 7) is 3.69. The summed E-state index contributed by atoms with van der Waals surface area (Å²) in [4.78, 5) is 31.3. The Morgan fingerprint density at radius 1 is 1.22 bits per heavy atom. The Morgan fingerprint density at radius 2 is 1.93 bits per heavy atom. The van der Waals surface area contributed by atoms with Crippen molar-refractivity contribution in [1.29, 1.82) is 0 Å². The molecule has 1 aliphatic heterocycles. The fourth-order valence-electron chi connectivity index (χ4n) is 3.18. The minimum Gasteiger partial charge on any atom is -0.503 e. The molecule has 0 fully saturated rings. The van der Waals surface area contributed by atoms with E-state index in [0.717, 1.165) is 5.56 Å². The summed E-state index contributed by atoms with van der Waals surface area (Å²) in [5, 5.41) is 10.5. The third kappa shape index (κ3) is 3.56. The summed E-state index contributed by atoms with van der Waals surface area (Å²) in [5.41, 5.74) is 1.54. The van der Waals surface area contributed by atoms with Crippen molar-refractivity contribution in [3.63, 3.8) is 0 Å². The minimum absolute atomic E-state index is 0.135. The smallest absolute Gasteiger partial charge is 0.290 e. The number of Topliss-reactive ketones (excluding diaryl/α,β-unsaturated/α-hetero) is 1. The van der Waals surface area contributed by atoms with Gasteiger partial charge in [0.15, 0.2) is 11.5 Å². The van der Waals surface area contributed by atoms with Crippen LogP contribution < -0.4 is 4.74 Å². The highest BCUT2D eigenvalue weighted by Crippen LogP contribution is 2.40. The van der Waals surface area contributed by atoms with Crippen molar-refractivity contribution in [2.75, 3.05) is 7.11 Å². The molecule has 0 radical (unpaired) electrons. The molecular formula is C21H22N2O4. The van der Waals surface area contributed by atoms with E-state index >= 15 is 0 Å². The Bertz CT molecular complexity index is 873. The predicted octanol–water partition coefficient (Wildman–Crippen LogP) is 3.21. The SMILES string of the molecule is COc1ccc(C2C(C(=O)C(C)C)=C(O)C(=O)N2Cc2ccccn2)cc1. The fourth-order valence-corrected chi connectivity index (χ4v) is 3.18. The van der Waals surface area contributed by atoms with Gasteiger partial charge in [-0.3, -0.25) is 14.6 Å². The number of carbonyl (C=O) groups excluding carboxylic acids is 2. The number of aromatic nitrogens is 1. The third-order valence-electron chi connectivity index (χ3n) is 4.58. The van der Waals surface area contributed by atoms with E-state index in [1.54, 1.807) is 63.6 Å². The van der Waals surface area contributed by atoms with Gasteiger partial charge in [-0.05, 0) is 29.8 Å². The molecule has 6 nitrogen and oxygen atoms in total. The number of ketones is 1. The van der Waals surface area contributed by atoms with E-state index in [1.807, 2.05) is 6.07 Å². The first-order valence-electron chi connectivity index (χ1n) is 8.76. The number of ether oxygens (including phenoxy) is 1. The summed E-state index contributed by atoms with van der Waals surface area (Å²) in [6.07, 6.45) is 1.64. The lowest BCUT2D eigenvalue weighted by Crippen LogP contribution is -2.31. The quantitative estimate of drug-likeness (QED) is 0.849. The van der Waals surface area contributed by atoms with Crippen LogP contribution in [0.1, 0.15) is 31.1 Å². The summed E-state index contributed by atoms with van der Waals surface area (Å²) >= 11 is 0. The maximum Gasteiger partial charge on any atom is 0.290 e. The van der Waals surface area contributed by atoms with Crippen LogP contribution in [0.3, 0.4) is 0 Å². The lowest BCUT2D eigenvalue weighted by Gasteiger charge is -2.27. The molecule has 1 amide bonds. The third-order valence-corrected chi connectivity index (χ3v) is 4.58. The van der Waals surface area contributed by atoms with Gasteiger partial charge in [0.2, 0.25) is 0 Å². The number of pyridine rings is 1. The zero-order valence-electron chi connectivity index (χ0n) is 15.5. The number of amides is 1. The molecular weight excluding hydrogens is 344 g/mol. The number of benzene rings is 1. The van der Waals surface area contributed by atoms with Crippen molar-refractivity contribution in [3.8, 4) is 5.75 Å². The van der Waals surface area contributed by atoms with Gasteiger partial charge in [0.25, 0.3) is 5.91 Å². The topological polar surface area (TPSA) is 79.7 Å². The maximum atomic E-state index is 12.8. The molecule has 1 aliphatic rings. The Balaban J connectivity index is 2.06. The highest BCUT2D eigenvalue weighted by atomic mass is 16.5. The van der Waals surface area contributed by atoms with Crippen LogP contribution in [-0.4, -0.2) is 33.8 Å². The van der Waals surface area contributed by atoms with Gasteiger partial charge in [-0.2, -0.15) is 0 Å². The number of nitrogens with zero attached hydrogens (tertiary/aromatic N) is 2. The van der Waals surface area contributed by atoms with Crippen LogP contribution in [0.5, 0.6) is 5.75 Å². The number of methoxy groups -OCH3 is 1. The lowest BCUT2D eigenvalue weighted by atomic mass is 9.91. The largest absolute Gasteiger partial charge is 0.503 e. The van der Waals surface area contributed by atoms with Crippen molar-refractivity contribution < 1.29 is 19.4 Å². The normalized spacial score (nSPS) is 17.0. The lowest BCUT2D eigenvalue weighted by molar-refractivity contribution is -0.130. The molecule has 27 heavy (non-hydrogen) atoms. The molecule has 0 saturated heterocycles. The second kappa shape index (κ2) is 7.61. The van der Waals surface area contributed by atoms with Crippen LogP contribution in [0.2, 0.25) is 0 Å². The molecule has 1 atom stereocenters. The first-order chi connectivity index (χ1) is 12.9. The standard InChI is InChI=1S/C21H22N2O4/c1-13(2)19(24)17-18(14-7-9-16(27-3)10-8-14)23(21(26)20(17)25)12-15-6-4-5-11-22-15/h4-11,13,18,25H,12H2,1-3H3. The van der Waals surface area contributed by atoms with Crippen molar-refractivity contribution in [2.45, 2.75) is 26.4 Å². The van der Waals surface area contributed by atoms with Crippen LogP contribution in [-0.2, 0) is 16.1 Å². The molecule has 0 saturated carbocycles. The van der Waals surface area contributed by atoms with E-state index in [2.05, 4.69) is 4.98 Å². The molecule has 140 valence electrons. The number of rotatable bonds is 6. The van der Waals surface area contributed by atoms with E-state index < -0.39 is 17.7 Å².